The minimum atomic E-state index is -0.358. The first kappa shape index (κ1) is 20.5. The van der Waals surface area contributed by atoms with Crippen molar-refractivity contribution in [2.24, 2.45) is 0 Å². The lowest BCUT2D eigenvalue weighted by Crippen LogP contribution is -2.26. The van der Waals surface area contributed by atoms with Crippen LogP contribution in [-0.4, -0.2) is 26.9 Å². The van der Waals surface area contributed by atoms with E-state index in [0.717, 1.165) is 36.8 Å². The molecule has 2 aliphatic carbocycles. The van der Waals surface area contributed by atoms with E-state index in [2.05, 4.69) is 20.6 Å². The maximum Gasteiger partial charge on any atom is 0.255 e. The van der Waals surface area contributed by atoms with Gasteiger partial charge in [0.25, 0.3) is 5.91 Å². The lowest BCUT2D eigenvalue weighted by atomic mass is 9.99. The Morgan fingerprint density at radius 1 is 1.09 bits per heavy atom. The van der Waals surface area contributed by atoms with Gasteiger partial charge in [0.15, 0.2) is 5.82 Å². The molecule has 7 heteroatoms. The molecule has 2 aliphatic rings. The highest BCUT2D eigenvalue weighted by atomic mass is 19.1. The summed E-state index contributed by atoms with van der Waals surface area (Å²) in [5.74, 6) is 0.788. The van der Waals surface area contributed by atoms with Gasteiger partial charge in [-0.15, -0.1) is 0 Å². The van der Waals surface area contributed by atoms with Crippen LogP contribution in [0.4, 0.5) is 15.9 Å². The van der Waals surface area contributed by atoms with Crippen LogP contribution in [0.2, 0.25) is 0 Å². The molecule has 0 unspecified atom stereocenters. The predicted molar refractivity (Wildman–Crippen MR) is 121 cm³/mol. The maximum atomic E-state index is 14.6. The van der Waals surface area contributed by atoms with Gasteiger partial charge in [0.05, 0.1) is 16.8 Å². The average Bonchev–Trinajstić information content (AvgIpc) is 3.44. The molecule has 2 aromatic heterocycles. The monoisotopic (exact) mass is 431 g/mol. The Labute approximate surface area is 186 Å². The van der Waals surface area contributed by atoms with Crippen molar-refractivity contribution in [3.8, 4) is 11.4 Å². The van der Waals surface area contributed by atoms with Crippen molar-refractivity contribution in [1.82, 2.24) is 20.3 Å². The SMILES string of the molecule is Cc1ccc(F)c(-c2ncc(C3CCCC3)c(Nc3ccncc3C(=O)NC3CC3)n2)c1. The zero-order valence-corrected chi connectivity index (χ0v) is 18.1. The van der Waals surface area contributed by atoms with Crippen LogP contribution >= 0.6 is 0 Å². The highest BCUT2D eigenvalue weighted by Crippen LogP contribution is 2.38. The van der Waals surface area contributed by atoms with E-state index >= 15 is 0 Å². The Bertz CT molecular complexity index is 1150. The van der Waals surface area contributed by atoms with Crippen LogP contribution in [0, 0.1) is 12.7 Å². The van der Waals surface area contributed by atoms with Gasteiger partial charge in [-0.25, -0.2) is 14.4 Å². The Balaban J connectivity index is 1.54. The minimum Gasteiger partial charge on any atom is -0.349 e. The number of aromatic nitrogens is 3. The zero-order valence-electron chi connectivity index (χ0n) is 18.1. The number of amides is 1. The Morgan fingerprint density at radius 2 is 1.91 bits per heavy atom. The van der Waals surface area contributed by atoms with Crippen LogP contribution in [0.15, 0.2) is 42.9 Å². The van der Waals surface area contributed by atoms with Gasteiger partial charge in [-0.3, -0.25) is 9.78 Å². The topological polar surface area (TPSA) is 79.8 Å². The second-order valence-electron chi connectivity index (χ2n) is 8.76. The molecule has 0 atom stereocenters. The first-order valence-electron chi connectivity index (χ1n) is 11.2. The van der Waals surface area contributed by atoms with Crippen LogP contribution in [0.5, 0.6) is 0 Å². The molecule has 2 heterocycles. The third-order valence-corrected chi connectivity index (χ3v) is 6.21. The molecule has 2 saturated carbocycles. The summed E-state index contributed by atoms with van der Waals surface area (Å²) in [4.78, 5) is 26.1. The lowest BCUT2D eigenvalue weighted by Gasteiger charge is -2.18. The van der Waals surface area contributed by atoms with Crippen molar-refractivity contribution < 1.29 is 9.18 Å². The van der Waals surface area contributed by atoms with E-state index in [9.17, 15) is 9.18 Å². The number of halogens is 1. The Kier molecular flexibility index (Phi) is 5.55. The fourth-order valence-electron chi connectivity index (χ4n) is 4.27. The van der Waals surface area contributed by atoms with E-state index in [4.69, 9.17) is 4.98 Å². The number of carbonyl (C=O) groups is 1. The Morgan fingerprint density at radius 3 is 2.69 bits per heavy atom. The molecule has 164 valence electrons. The van der Waals surface area contributed by atoms with Crippen LogP contribution in [0.25, 0.3) is 11.4 Å². The number of pyridine rings is 1. The molecule has 5 rings (SSSR count). The van der Waals surface area contributed by atoms with E-state index in [0.29, 0.717) is 34.4 Å². The van der Waals surface area contributed by atoms with Crippen molar-refractivity contribution >= 4 is 17.4 Å². The van der Waals surface area contributed by atoms with E-state index in [1.807, 2.05) is 13.1 Å². The van der Waals surface area contributed by atoms with Crippen molar-refractivity contribution in [3.63, 3.8) is 0 Å². The summed E-state index contributed by atoms with van der Waals surface area (Å²) < 4.78 is 14.6. The van der Waals surface area contributed by atoms with Crippen LogP contribution in [0.1, 0.15) is 65.9 Å². The maximum absolute atomic E-state index is 14.6. The van der Waals surface area contributed by atoms with Crippen molar-refractivity contribution in [1.29, 1.82) is 0 Å². The first-order chi connectivity index (χ1) is 15.6. The molecule has 1 amide bonds. The summed E-state index contributed by atoms with van der Waals surface area (Å²) in [5.41, 5.74) is 3.41. The van der Waals surface area contributed by atoms with Gasteiger partial charge in [-0.1, -0.05) is 24.5 Å². The number of nitrogens with one attached hydrogen (secondary N) is 2. The lowest BCUT2D eigenvalue weighted by molar-refractivity contribution is 0.0951. The quantitative estimate of drug-likeness (QED) is 0.555. The molecule has 0 radical (unpaired) electrons. The number of benzene rings is 1. The predicted octanol–water partition coefficient (Wildman–Crippen LogP) is 5.28. The minimum absolute atomic E-state index is 0.149. The van der Waals surface area contributed by atoms with Gasteiger partial charge in [0, 0.05) is 30.2 Å². The second kappa shape index (κ2) is 8.65. The van der Waals surface area contributed by atoms with Gasteiger partial charge in [-0.2, -0.15) is 0 Å². The fraction of sp³-hybridized carbons (Fsp3) is 0.360. The molecule has 2 N–H and O–H groups in total. The molecule has 0 spiro atoms. The highest BCUT2D eigenvalue weighted by molar-refractivity contribution is 6.00. The molecular weight excluding hydrogens is 405 g/mol. The highest BCUT2D eigenvalue weighted by Gasteiger charge is 2.26. The molecule has 6 nitrogen and oxygen atoms in total. The average molecular weight is 432 g/mol. The molecule has 0 bridgehead atoms. The number of nitrogens with zero attached hydrogens (tertiary/aromatic N) is 3. The van der Waals surface area contributed by atoms with Gasteiger partial charge >= 0.3 is 0 Å². The second-order valence-corrected chi connectivity index (χ2v) is 8.76. The number of anilines is 2. The van der Waals surface area contributed by atoms with Crippen molar-refractivity contribution in [2.75, 3.05) is 5.32 Å². The number of aryl methyl sites for hydroxylation is 1. The molecular formula is C25H26FN5O. The van der Waals surface area contributed by atoms with E-state index in [1.54, 1.807) is 30.6 Å². The molecule has 0 saturated heterocycles. The van der Waals surface area contributed by atoms with Crippen LogP contribution < -0.4 is 10.6 Å². The molecule has 32 heavy (non-hydrogen) atoms. The summed E-state index contributed by atoms with van der Waals surface area (Å²) in [6.07, 6.45) is 11.5. The van der Waals surface area contributed by atoms with E-state index < -0.39 is 0 Å². The number of rotatable bonds is 6. The van der Waals surface area contributed by atoms with Crippen molar-refractivity contribution in [3.05, 3.63) is 65.4 Å². The summed E-state index contributed by atoms with van der Waals surface area (Å²) in [5, 5.41) is 6.38. The Hall–Kier alpha value is -3.35. The standard InChI is InChI=1S/C25H26FN5O/c1-15-6-9-21(26)18(12-15)23-28-14-19(16-4-2-3-5-16)24(31-23)30-22-10-11-27-13-20(22)25(32)29-17-7-8-17/h6,9-14,16-17H,2-5,7-8H2,1H3,(H,29,32)(H,27,28,30,31). The number of hydrogen-bond acceptors (Lipinski definition) is 5. The summed E-state index contributed by atoms with van der Waals surface area (Å²) in [6.45, 7) is 1.91. The molecule has 3 aromatic rings. The van der Waals surface area contributed by atoms with E-state index in [1.165, 1.54) is 18.9 Å². The largest absolute Gasteiger partial charge is 0.349 e. The van der Waals surface area contributed by atoms with Gasteiger partial charge in [0.1, 0.15) is 11.6 Å². The number of carbonyl (C=O) groups excluding carboxylic acids is 1. The van der Waals surface area contributed by atoms with Gasteiger partial charge in [-0.05, 0) is 56.7 Å². The summed E-state index contributed by atoms with van der Waals surface area (Å²) >= 11 is 0. The third kappa shape index (κ3) is 4.33. The van der Waals surface area contributed by atoms with Gasteiger partial charge in [0.2, 0.25) is 0 Å². The third-order valence-electron chi connectivity index (χ3n) is 6.21. The van der Waals surface area contributed by atoms with Crippen molar-refractivity contribution in [2.45, 2.75) is 57.4 Å². The van der Waals surface area contributed by atoms with Crippen LogP contribution in [0.3, 0.4) is 0 Å². The smallest absolute Gasteiger partial charge is 0.255 e. The molecule has 2 fully saturated rings. The first-order valence-corrected chi connectivity index (χ1v) is 11.2. The molecule has 0 aliphatic heterocycles. The summed E-state index contributed by atoms with van der Waals surface area (Å²) in [7, 11) is 0. The number of hydrogen-bond donors (Lipinski definition) is 2. The zero-order chi connectivity index (χ0) is 22.1. The normalized spacial score (nSPS) is 16.2. The van der Waals surface area contributed by atoms with E-state index in [-0.39, 0.29) is 17.8 Å². The molecule has 1 aromatic carbocycles. The van der Waals surface area contributed by atoms with Crippen LogP contribution in [-0.2, 0) is 0 Å². The fourth-order valence-corrected chi connectivity index (χ4v) is 4.27. The van der Waals surface area contributed by atoms with Gasteiger partial charge < -0.3 is 10.6 Å². The summed E-state index contributed by atoms with van der Waals surface area (Å²) in [6, 6.07) is 6.95.